The first-order chi connectivity index (χ1) is 11.5. The molecule has 0 radical (unpaired) electrons. The number of nitrogens with zero attached hydrogens (tertiary/aromatic N) is 1. The van der Waals surface area contributed by atoms with E-state index in [-0.39, 0.29) is 5.56 Å². The van der Waals surface area contributed by atoms with Crippen LogP contribution in [0.1, 0.15) is 57.3 Å². The van der Waals surface area contributed by atoms with Gasteiger partial charge in [-0.05, 0) is 57.7 Å². The van der Waals surface area contributed by atoms with E-state index in [1.165, 1.54) is 17.0 Å². The van der Waals surface area contributed by atoms with Crippen molar-refractivity contribution in [2.45, 2.75) is 64.0 Å². The summed E-state index contributed by atoms with van der Waals surface area (Å²) in [6.07, 6.45) is -4.16. The van der Waals surface area contributed by atoms with E-state index >= 15 is 0 Å². The van der Waals surface area contributed by atoms with Gasteiger partial charge in [0.25, 0.3) is 0 Å². The Morgan fingerprint density at radius 3 is 2.56 bits per heavy atom. The van der Waals surface area contributed by atoms with Crippen LogP contribution in [-0.4, -0.2) is 34.3 Å². The van der Waals surface area contributed by atoms with E-state index in [1.54, 1.807) is 20.8 Å². The van der Waals surface area contributed by atoms with E-state index in [0.717, 1.165) is 25.0 Å². The van der Waals surface area contributed by atoms with Gasteiger partial charge >= 0.3 is 12.3 Å². The summed E-state index contributed by atoms with van der Waals surface area (Å²) in [6, 6.07) is 4.01. The monoisotopic (exact) mass is 359 g/mol. The van der Waals surface area contributed by atoms with Crippen molar-refractivity contribution in [3.05, 3.63) is 35.4 Å². The number of carbonyl (C=O) groups excluding carboxylic acids is 1. The van der Waals surface area contributed by atoms with Gasteiger partial charge in [0.1, 0.15) is 5.60 Å². The Hall–Kier alpha value is -1.76. The Labute approximate surface area is 145 Å². The number of hydrogen-bond acceptors (Lipinski definition) is 3. The third-order valence-electron chi connectivity index (χ3n) is 4.10. The van der Waals surface area contributed by atoms with Gasteiger partial charge in [0.2, 0.25) is 0 Å². The minimum Gasteiger partial charge on any atom is -0.444 e. The molecule has 1 aromatic rings. The molecule has 0 unspecified atom stereocenters. The van der Waals surface area contributed by atoms with Crippen LogP contribution < -0.4 is 0 Å². The number of piperidine rings is 1. The van der Waals surface area contributed by atoms with Crippen molar-refractivity contribution in [2.75, 3.05) is 6.54 Å². The molecular formula is C18H24F3NO3. The highest BCUT2D eigenvalue weighted by Gasteiger charge is 2.36. The molecule has 1 saturated heterocycles. The number of benzene rings is 1. The van der Waals surface area contributed by atoms with Crippen molar-refractivity contribution in [1.82, 2.24) is 4.90 Å². The second-order valence-corrected chi connectivity index (χ2v) is 7.30. The van der Waals surface area contributed by atoms with Gasteiger partial charge in [-0.3, -0.25) is 0 Å². The molecule has 0 saturated carbocycles. The van der Waals surface area contributed by atoms with Crippen LogP contribution in [0, 0.1) is 0 Å². The average molecular weight is 359 g/mol. The number of hydrogen-bond donors (Lipinski definition) is 1. The van der Waals surface area contributed by atoms with E-state index < -0.39 is 35.6 Å². The smallest absolute Gasteiger partial charge is 0.416 e. The number of alkyl halides is 3. The van der Waals surface area contributed by atoms with Gasteiger partial charge in [0.15, 0.2) is 0 Å². The number of halogens is 3. The van der Waals surface area contributed by atoms with E-state index in [2.05, 4.69) is 0 Å². The SMILES string of the molecule is CC(C)(C)OC(=O)N1CCCC[C@H]1[C@@H](O)c1cccc(C(F)(F)F)c1. The largest absolute Gasteiger partial charge is 0.444 e. The van der Waals surface area contributed by atoms with Crippen LogP contribution in [0.15, 0.2) is 24.3 Å². The van der Waals surface area contributed by atoms with Gasteiger partial charge < -0.3 is 14.7 Å². The minimum absolute atomic E-state index is 0.148. The van der Waals surface area contributed by atoms with Crippen LogP contribution in [0.2, 0.25) is 0 Å². The molecule has 0 aromatic heterocycles. The summed E-state index contributed by atoms with van der Waals surface area (Å²) < 4.78 is 44.1. The van der Waals surface area contributed by atoms with Crippen LogP contribution in [0.3, 0.4) is 0 Å². The number of aliphatic hydroxyl groups is 1. The second-order valence-electron chi connectivity index (χ2n) is 7.30. The molecule has 7 heteroatoms. The number of likely N-dealkylation sites (tertiary alicyclic amines) is 1. The Morgan fingerprint density at radius 2 is 1.96 bits per heavy atom. The number of ether oxygens (including phenoxy) is 1. The van der Waals surface area contributed by atoms with Crippen molar-refractivity contribution >= 4 is 6.09 Å². The molecular weight excluding hydrogens is 335 g/mol. The van der Waals surface area contributed by atoms with E-state index in [9.17, 15) is 23.1 Å². The summed E-state index contributed by atoms with van der Waals surface area (Å²) in [5.74, 6) is 0. The first kappa shape index (κ1) is 19.6. The van der Waals surface area contributed by atoms with Crippen molar-refractivity contribution in [3.8, 4) is 0 Å². The fourth-order valence-electron chi connectivity index (χ4n) is 2.95. The van der Waals surface area contributed by atoms with Crippen LogP contribution >= 0.6 is 0 Å². The van der Waals surface area contributed by atoms with Crippen LogP contribution in [0.4, 0.5) is 18.0 Å². The van der Waals surface area contributed by atoms with Crippen LogP contribution in [0.25, 0.3) is 0 Å². The normalized spacial score (nSPS) is 20.3. The van der Waals surface area contributed by atoms with Crippen molar-refractivity contribution in [1.29, 1.82) is 0 Å². The lowest BCUT2D eigenvalue weighted by atomic mass is 9.92. The highest BCUT2D eigenvalue weighted by molar-refractivity contribution is 5.68. The average Bonchev–Trinajstić information content (AvgIpc) is 2.52. The minimum atomic E-state index is -4.48. The zero-order chi connectivity index (χ0) is 18.8. The maximum Gasteiger partial charge on any atom is 0.416 e. The lowest BCUT2D eigenvalue weighted by Gasteiger charge is -2.39. The van der Waals surface area contributed by atoms with Gasteiger partial charge in [-0.25, -0.2) is 4.79 Å². The third kappa shape index (κ3) is 5.11. The molecule has 1 aliphatic rings. The molecule has 1 fully saturated rings. The van der Waals surface area contributed by atoms with Crippen LogP contribution in [-0.2, 0) is 10.9 Å². The van der Waals surface area contributed by atoms with Crippen molar-refractivity contribution < 1.29 is 27.8 Å². The Balaban J connectivity index is 2.23. The topological polar surface area (TPSA) is 49.8 Å². The predicted molar refractivity (Wildman–Crippen MR) is 87.0 cm³/mol. The second kappa shape index (κ2) is 7.23. The lowest BCUT2D eigenvalue weighted by Crippen LogP contribution is -2.48. The zero-order valence-electron chi connectivity index (χ0n) is 14.6. The number of carbonyl (C=O) groups is 1. The summed E-state index contributed by atoms with van der Waals surface area (Å²) >= 11 is 0. The van der Waals surface area contributed by atoms with Gasteiger partial charge in [0, 0.05) is 6.54 Å². The van der Waals surface area contributed by atoms with Gasteiger partial charge in [-0.2, -0.15) is 13.2 Å². The molecule has 1 aromatic carbocycles. The number of aliphatic hydroxyl groups excluding tert-OH is 1. The molecule has 0 spiro atoms. The Morgan fingerprint density at radius 1 is 1.28 bits per heavy atom. The molecule has 1 aliphatic heterocycles. The van der Waals surface area contributed by atoms with E-state index in [0.29, 0.717) is 13.0 Å². The Bertz CT molecular complexity index is 610. The fraction of sp³-hybridized carbons (Fsp3) is 0.611. The zero-order valence-corrected chi connectivity index (χ0v) is 14.6. The maximum atomic E-state index is 12.9. The number of rotatable bonds is 2. The summed E-state index contributed by atoms with van der Waals surface area (Å²) in [5.41, 5.74) is -1.35. The fourth-order valence-corrected chi connectivity index (χ4v) is 2.95. The van der Waals surface area contributed by atoms with Crippen LogP contribution in [0.5, 0.6) is 0 Å². The highest BCUT2D eigenvalue weighted by Crippen LogP contribution is 2.34. The van der Waals surface area contributed by atoms with E-state index in [4.69, 9.17) is 4.74 Å². The molecule has 0 bridgehead atoms. The summed E-state index contributed by atoms with van der Waals surface area (Å²) in [7, 11) is 0. The summed E-state index contributed by atoms with van der Waals surface area (Å²) in [5, 5.41) is 10.6. The molecule has 2 atom stereocenters. The molecule has 25 heavy (non-hydrogen) atoms. The molecule has 4 nitrogen and oxygen atoms in total. The van der Waals surface area contributed by atoms with Crippen molar-refractivity contribution in [2.24, 2.45) is 0 Å². The maximum absolute atomic E-state index is 12.9. The first-order valence-electron chi connectivity index (χ1n) is 8.34. The molecule has 140 valence electrons. The summed E-state index contributed by atoms with van der Waals surface area (Å²) in [6.45, 7) is 5.64. The molecule has 1 amide bonds. The Kier molecular flexibility index (Phi) is 5.66. The quantitative estimate of drug-likeness (QED) is 0.844. The first-order valence-corrected chi connectivity index (χ1v) is 8.34. The highest BCUT2D eigenvalue weighted by atomic mass is 19.4. The van der Waals surface area contributed by atoms with Gasteiger partial charge in [-0.15, -0.1) is 0 Å². The molecule has 0 aliphatic carbocycles. The predicted octanol–water partition coefficient (Wildman–Crippen LogP) is 4.53. The standard InChI is InChI=1S/C18H24F3NO3/c1-17(2,3)25-16(24)22-10-5-4-9-14(22)15(23)12-7-6-8-13(11-12)18(19,20)21/h6-8,11,14-15,23H,4-5,9-10H2,1-3H3/t14-,15-/m0/s1. The lowest BCUT2D eigenvalue weighted by molar-refractivity contribution is -0.137. The third-order valence-corrected chi connectivity index (χ3v) is 4.10. The van der Waals surface area contributed by atoms with Gasteiger partial charge in [0.05, 0.1) is 17.7 Å². The van der Waals surface area contributed by atoms with Gasteiger partial charge in [-0.1, -0.05) is 12.1 Å². The van der Waals surface area contributed by atoms with Crippen molar-refractivity contribution in [3.63, 3.8) is 0 Å². The molecule has 1 heterocycles. The summed E-state index contributed by atoms with van der Waals surface area (Å²) in [4.78, 5) is 13.8. The molecule has 1 N–H and O–H groups in total. The van der Waals surface area contributed by atoms with E-state index in [1.807, 2.05) is 0 Å². The number of amides is 1. The molecule has 2 rings (SSSR count).